The van der Waals surface area contributed by atoms with Crippen LogP contribution in [0, 0.1) is 0 Å². The monoisotopic (exact) mass is 254 g/mol. The number of piperidine rings is 1. The van der Waals surface area contributed by atoms with E-state index in [0.29, 0.717) is 0 Å². The Morgan fingerprint density at radius 1 is 1.20 bits per heavy atom. The molecule has 1 nitrogen and oxygen atoms in total. The Kier molecular flexibility index (Phi) is 3.43. The summed E-state index contributed by atoms with van der Waals surface area (Å²) in [7, 11) is 0. The van der Waals surface area contributed by atoms with Crippen LogP contribution in [-0.2, 0) is 0 Å². The topological polar surface area (TPSA) is 0 Å². The molecule has 0 aromatic heterocycles. The standard InChI is InChI=1S/C8H17IN/c1-2-10(8-9)6-4-3-5-7-10/h2-8H2,1H3/q+1. The van der Waals surface area contributed by atoms with E-state index < -0.39 is 0 Å². The van der Waals surface area contributed by atoms with Crippen LogP contribution >= 0.6 is 22.6 Å². The van der Waals surface area contributed by atoms with Crippen molar-refractivity contribution >= 4 is 22.6 Å². The van der Waals surface area contributed by atoms with Gasteiger partial charge in [-0.2, -0.15) is 0 Å². The molecule has 1 fully saturated rings. The lowest BCUT2D eigenvalue weighted by Crippen LogP contribution is -2.50. The average molecular weight is 254 g/mol. The molecule has 10 heavy (non-hydrogen) atoms. The van der Waals surface area contributed by atoms with Gasteiger partial charge in [-0.3, -0.25) is 0 Å². The fraction of sp³-hybridized carbons (Fsp3) is 1.00. The van der Waals surface area contributed by atoms with Crippen molar-refractivity contribution in [2.24, 2.45) is 0 Å². The summed E-state index contributed by atoms with van der Waals surface area (Å²) in [6.07, 6.45) is 4.38. The van der Waals surface area contributed by atoms with Gasteiger partial charge in [-0.15, -0.1) is 0 Å². The van der Waals surface area contributed by atoms with Gasteiger partial charge in [0.15, 0.2) is 0 Å². The normalized spacial score (nSPS) is 24.6. The molecule has 0 aromatic carbocycles. The number of hydrogen-bond acceptors (Lipinski definition) is 0. The Labute approximate surface area is 77.5 Å². The fourth-order valence-corrected chi connectivity index (χ4v) is 2.87. The zero-order valence-electron chi connectivity index (χ0n) is 6.77. The van der Waals surface area contributed by atoms with Gasteiger partial charge in [-0.1, -0.05) is 0 Å². The molecule has 2 heteroatoms. The molecule has 0 unspecified atom stereocenters. The van der Waals surface area contributed by atoms with Gasteiger partial charge in [0.25, 0.3) is 0 Å². The fourth-order valence-electron chi connectivity index (χ4n) is 1.70. The molecule has 0 radical (unpaired) electrons. The predicted octanol–water partition coefficient (Wildman–Crippen LogP) is 2.40. The third-order valence-corrected chi connectivity index (χ3v) is 4.14. The van der Waals surface area contributed by atoms with Crippen LogP contribution in [-0.4, -0.2) is 28.7 Å². The molecule has 0 aliphatic carbocycles. The van der Waals surface area contributed by atoms with E-state index in [9.17, 15) is 0 Å². The summed E-state index contributed by atoms with van der Waals surface area (Å²) in [5.74, 6) is 0. The molecule has 0 amide bonds. The van der Waals surface area contributed by atoms with E-state index in [-0.39, 0.29) is 0 Å². The van der Waals surface area contributed by atoms with E-state index in [0.717, 1.165) is 0 Å². The maximum Gasteiger partial charge on any atom is 0.129 e. The zero-order valence-corrected chi connectivity index (χ0v) is 8.93. The van der Waals surface area contributed by atoms with Crippen LogP contribution in [0.5, 0.6) is 0 Å². The molecule has 1 aliphatic rings. The van der Waals surface area contributed by atoms with E-state index in [2.05, 4.69) is 29.5 Å². The molecule has 0 spiro atoms. The number of quaternary nitrogens is 1. The summed E-state index contributed by atoms with van der Waals surface area (Å²) < 4.78 is 2.69. The molecule has 0 atom stereocenters. The molecule has 1 saturated heterocycles. The SMILES string of the molecule is CC[N+]1(CI)CCCCC1. The minimum atomic E-state index is 1.31. The quantitative estimate of drug-likeness (QED) is 0.307. The molecule has 1 aliphatic heterocycles. The molecule has 0 saturated carbocycles. The molecule has 0 N–H and O–H groups in total. The molecular formula is C8H17IN+. The Hall–Kier alpha value is 0.690. The Morgan fingerprint density at radius 3 is 2.10 bits per heavy atom. The summed E-state index contributed by atoms with van der Waals surface area (Å²) in [4.78, 5) is 0. The van der Waals surface area contributed by atoms with Gasteiger partial charge >= 0.3 is 0 Å². The predicted molar refractivity (Wildman–Crippen MR) is 53.3 cm³/mol. The van der Waals surface area contributed by atoms with Crippen LogP contribution in [0.4, 0.5) is 0 Å². The van der Waals surface area contributed by atoms with Gasteiger partial charge in [0, 0.05) is 0 Å². The summed E-state index contributed by atoms with van der Waals surface area (Å²) in [6, 6.07) is 0. The molecule has 1 rings (SSSR count). The number of halogens is 1. The second kappa shape index (κ2) is 3.90. The third kappa shape index (κ3) is 1.84. The van der Waals surface area contributed by atoms with Crippen molar-refractivity contribution in [3.63, 3.8) is 0 Å². The Morgan fingerprint density at radius 2 is 1.80 bits per heavy atom. The highest BCUT2D eigenvalue weighted by Crippen LogP contribution is 2.19. The lowest BCUT2D eigenvalue weighted by molar-refractivity contribution is -0.915. The van der Waals surface area contributed by atoms with Gasteiger partial charge in [-0.05, 0) is 48.8 Å². The Bertz CT molecular complexity index is 91.4. The van der Waals surface area contributed by atoms with Crippen LogP contribution < -0.4 is 0 Å². The lowest BCUT2D eigenvalue weighted by Gasteiger charge is -2.39. The van der Waals surface area contributed by atoms with Crippen molar-refractivity contribution in [1.82, 2.24) is 0 Å². The van der Waals surface area contributed by atoms with E-state index in [1.54, 1.807) is 0 Å². The highest BCUT2D eigenvalue weighted by atomic mass is 127. The number of nitrogens with zero attached hydrogens (tertiary/aromatic N) is 1. The van der Waals surface area contributed by atoms with E-state index >= 15 is 0 Å². The highest BCUT2D eigenvalue weighted by Gasteiger charge is 2.25. The summed E-state index contributed by atoms with van der Waals surface area (Å²) in [6.45, 7) is 6.52. The largest absolute Gasteiger partial charge is 0.316 e. The second-order valence-electron chi connectivity index (χ2n) is 3.29. The number of likely N-dealkylation sites (tertiary alicyclic amines) is 1. The lowest BCUT2D eigenvalue weighted by atomic mass is 10.1. The van der Waals surface area contributed by atoms with Crippen LogP contribution in [0.3, 0.4) is 0 Å². The van der Waals surface area contributed by atoms with Crippen molar-refractivity contribution < 1.29 is 4.48 Å². The van der Waals surface area contributed by atoms with Crippen molar-refractivity contribution in [2.75, 3.05) is 24.2 Å². The van der Waals surface area contributed by atoms with Gasteiger partial charge in [0.05, 0.1) is 19.6 Å². The third-order valence-electron chi connectivity index (χ3n) is 2.69. The van der Waals surface area contributed by atoms with Crippen molar-refractivity contribution in [3.05, 3.63) is 0 Å². The van der Waals surface area contributed by atoms with Gasteiger partial charge in [0.1, 0.15) is 4.55 Å². The summed E-state index contributed by atoms with van der Waals surface area (Å²) in [5, 5.41) is 0. The van der Waals surface area contributed by atoms with Crippen LogP contribution in [0.25, 0.3) is 0 Å². The number of hydrogen-bond donors (Lipinski definition) is 0. The molecule has 0 aromatic rings. The van der Waals surface area contributed by atoms with E-state index in [4.69, 9.17) is 0 Å². The van der Waals surface area contributed by atoms with Crippen LogP contribution in [0.2, 0.25) is 0 Å². The van der Waals surface area contributed by atoms with E-state index in [1.807, 2.05) is 0 Å². The first-order valence-corrected chi connectivity index (χ1v) is 5.76. The first-order chi connectivity index (χ1) is 4.83. The van der Waals surface area contributed by atoms with Crippen LogP contribution in [0.1, 0.15) is 26.2 Å². The summed E-state index contributed by atoms with van der Waals surface area (Å²) >= 11 is 2.53. The zero-order chi connectivity index (χ0) is 7.45. The number of alkyl halides is 1. The first-order valence-electron chi connectivity index (χ1n) is 4.24. The first kappa shape index (κ1) is 8.78. The van der Waals surface area contributed by atoms with E-state index in [1.165, 1.54) is 47.9 Å². The number of rotatable bonds is 2. The van der Waals surface area contributed by atoms with Gasteiger partial charge in [-0.25, -0.2) is 0 Å². The van der Waals surface area contributed by atoms with Crippen molar-refractivity contribution in [3.8, 4) is 0 Å². The van der Waals surface area contributed by atoms with Gasteiger partial charge in [0.2, 0.25) is 0 Å². The highest BCUT2D eigenvalue weighted by molar-refractivity contribution is 14.1. The smallest absolute Gasteiger partial charge is 0.129 e. The minimum Gasteiger partial charge on any atom is -0.316 e. The second-order valence-corrected chi connectivity index (χ2v) is 3.97. The molecule has 60 valence electrons. The summed E-state index contributed by atoms with van der Waals surface area (Å²) in [5.41, 5.74) is 0. The Balaban J connectivity index is 2.44. The van der Waals surface area contributed by atoms with Crippen LogP contribution in [0.15, 0.2) is 0 Å². The molecular weight excluding hydrogens is 237 g/mol. The molecule has 0 bridgehead atoms. The molecule has 1 heterocycles. The maximum atomic E-state index is 2.53. The average Bonchev–Trinajstić information content (AvgIpc) is 2.06. The van der Waals surface area contributed by atoms with Crippen molar-refractivity contribution in [2.45, 2.75) is 26.2 Å². The van der Waals surface area contributed by atoms with Gasteiger partial charge < -0.3 is 4.48 Å². The maximum absolute atomic E-state index is 2.53. The minimum absolute atomic E-state index is 1.31. The van der Waals surface area contributed by atoms with Crippen molar-refractivity contribution in [1.29, 1.82) is 0 Å².